The molecular formula is C13H20N4O. The molecule has 0 saturated carbocycles. The van der Waals surface area contributed by atoms with Crippen molar-refractivity contribution >= 4 is 5.65 Å². The minimum absolute atomic E-state index is 0.524. The molecule has 5 nitrogen and oxygen atoms in total. The van der Waals surface area contributed by atoms with E-state index in [9.17, 15) is 0 Å². The molecule has 0 atom stereocenters. The fourth-order valence-corrected chi connectivity index (χ4v) is 1.91. The molecule has 5 heteroatoms. The van der Waals surface area contributed by atoms with Gasteiger partial charge in [0.2, 0.25) is 5.88 Å². The first-order chi connectivity index (χ1) is 8.54. The number of rotatable bonds is 4. The second kappa shape index (κ2) is 4.92. The Morgan fingerprint density at radius 3 is 2.50 bits per heavy atom. The Bertz CT molecular complexity index is 560. The smallest absolute Gasteiger partial charge is 0.235 e. The van der Waals surface area contributed by atoms with E-state index in [1.165, 1.54) is 0 Å². The van der Waals surface area contributed by atoms with Gasteiger partial charge < -0.3 is 4.74 Å². The molecule has 0 fully saturated rings. The molecule has 18 heavy (non-hydrogen) atoms. The van der Waals surface area contributed by atoms with Gasteiger partial charge in [-0.2, -0.15) is 4.52 Å². The summed E-state index contributed by atoms with van der Waals surface area (Å²) in [7, 11) is 0. The Kier molecular flexibility index (Phi) is 3.50. The lowest BCUT2D eigenvalue weighted by atomic mass is 10.1. The van der Waals surface area contributed by atoms with Crippen molar-refractivity contribution < 1.29 is 4.74 Å². The van der Waals surface area contributed by atoms with Gasteiger partial charge in [-0.25, -0.2) is 0 Å². The molecule has 0 bridgehead atoms. The molecule has 2 aromatic heterocycles. The van der Waals surface area contributed by atoms with E-state index >= 15 is 0 Å². The van der Waals surface area contributed by atoms with Crippen LogP contribution in [0, 0.1) is 19.8 Å². The lowest BCUT2D eigenvalue weighted by molar-refractivity contribution is 0.317. The second-order valence-electron chi connectivity index (χ2n) is 4.94. The molecule has 0 aliphatic rings. The predicted octanol–water partition coefficient (Wildman–Crippen LogP) is 2.34. The van der Waals surface area contributed by atoms with Crippen molar-refractivity contribution in [2.75, 3.05) is 6.61 Å². The number of aromatic nitrogens is 4. The average molecular weight is 248 g/mol. The number of nitrogens with zero attached hydrogens (tertiary/aromatic N) is 4. The van der Waals surface area contributed by atoms with E-state index in [1.54, 1.807) is 0 Å². The molecular weight excluding hydrogens is 228 g/mol. The average Bonchev–Trinajstić information content (AvgIpc) is 2.68. The van der Waals surface area contributed by atoms with Gasteiger partial charge in [0.15, 0.2) is 11.5 Å². The highest BCUT2D eigenvalue weighted by Gasteiger charge is 2.15. The molecule has 0 aliphatic heterocycles. The summed E-state index contributed by atoms with van der Waals surface area (Å²) in [5, 5.41) is 13.0. The van der Waals surface area contributed by atoms with Crippen LogP contribution in [0.15, 0.2) is 0 Å². The Morgan fingerprint density at radius 1 is 1.17 bits per heavy atom. The molecule has 98 valence electrons. The van der Waals surface area contributed by atoms with Gasteiger partial charge >= 0.3 is 0 Å². The molecule has 0 spiro atoms. The molecule has 0 aliphatic carbocycles. The summed E-state index contributed by atoms with van der Waals surface area (Å²) >= 11 is 0. The van der Waals surface area contributed by atoms with Crippen LogP contribution in [-0.4, -0.2) is 26.4 Å². The lowest BCUT2D eigenvalue weighted by Crippen LogP contribution is -2.08. The summed E-state index contributed by atoms with van der Waals surface area (Å²) in [5.74, 6) is 2.09. The van der Waals surface area contributed by atoms with Crippen LogP contribution in [0.25, 0.3) is 5.65 Å². The quantitative estimate of drug-likeness (QED) is 0.833. The Hall–Kier alpha value is -1.65. The van der Waals surface area contributed by atoms with E-state index in [4.69, 9.17) is 4.74 Å². The first-order valence-corrected chi connectivity index (χ1v) is 6.38. The minimum atomic E-state index is 0.524. The summed E-state index contributed by atoms with van der Waals surface area (Å²) < 4.78 is 7.38. The minimum Gasteiger partial charge on any atom is -0.477 e. The maximum absolute atomic E-state index is 5.57. The van der Waals surface area contributed by atoms with Crippen LogP contribution < -0.4 is 4.74 Å². The lowest BCUT2D eigenvalue weighted by Gasteiger charge is -2.10. The summed E-state index contributed by atoms with van der Waals surface area (Å²) in [4.78, 5) is 0. The van der Waals surface area contributed by atoms with Crippen LogP contribution in [0.1, 0.15) is 37.7 Å². The largest absolute Gasteiger partial charge is 0.477 e. The van der Waals surface area contributed by atoms with Crippen LogP contribution in [0.2, 0.25) is 0 Å². The van der Waals surface area contributed by atoms with Gasteiger partial charge in [-0.1, -0.05) is 13.8 Å². The predicted molar refractivity (Wildman–Crippen MR) is 70.0 cm³/mol. The van der Waals surface area contributed by atoms with Crippen LogP contribution in [0.5, 0.6) is 5.88 Å². The summed E-state index contributed by atoms with van der Waals surface area (Å²) in [5.41, 5.74) is 2.94. The number of hydrogen-bond donors (Lipinski definition) is 0. The van der Waals surface area contributed by atoms with E-state index < -0.39 is 0 Å². The summed E-state index contributed by atoms with van der Waals surface area (Å²) in [6.45, 7) is 10.9. The Morgan fingerprint density at radius 2 is 1.89 bits per heavy atom. The monoisotopic (exact) mass is 248 g/mol. The van der Waals surface area contributed by atoms with Crippen LogP contribution in [-0.2, 0) is 6.42 Å². The van der Waals surface area contributed by atoms with Gasteiger partial charge in [-0.05, 0) is 26.7 Å². The first kappa shape index (κ1) is 12.8. The zero-order valence-electron chi connectivity index (χ0n) is 11.7. The van der Waals surface area contributed by atoms with Crippen LogP contribution in [0.3, 0.4) is 0 Å². The third-order valence-electron chi connectivity index (χ3n) is 2.99. The molecule has 2 heterocycles. The fraction of sp³-hybridized carbons (Fsp3) is 0.615. The van der Waals surface area contributed by atoms with E-state index in [0.717, 1.165) is 29.0 Å². The highest BCUT2D eigenvalue weighted by Crippen LogP contribution is 2.22. The summed E-state index contributed by atoms with van der Waals surface area (Å²) in [6.07, 6.45) is 0.863. The maximum Gasteiger partial charge on any atom is 0.235 e. The van der Waals surface area contributed by atoms with E-state index in [2.05, 4.69) is 29.1 Å². The number of aryl methyl sites for hydroxylation is 1. The van der Waals surface area contributed by atoms with Crippen LogP contribution >= 0.6 is 0 Å². The maximum atomic E-state index is 5.57. The number of hydrogen-bond acceptors (Lipinski definition) is 4. The van der Waals surface area contributed by atoms with Crippen molar-refractivity contribution in [1.82, 2.24) is 19.8 Å². The van der Waals surface area contributed by atoms with Gasteiger partial charge in [-0.3, -0.25) is 0 Å². The molecule has 0 N–H and O–H groups in total. The van der Waals surface area contributed by atoms with Crippen molar-refractivity contribution in [3.63, 3.8) is 0 Å². The first-order valence-electron chi connectivity index (χ1n) is 6.38. The second-order valence-corrected chi connectivity index (χ2v) is 4.94. The third kappa shape index (κ3) is 2.17. The molecule has 0 radical (unpaired) electrons. The molecule has 0 saturated heterocycles. The van der Waals surface area contributed by atoms with Crippen molar-refractivity contribution in [1.29, 1.82) is 0 Å². The van der Waals surface area contributed by atoms with Gasteiger partial charge in [0.1, 0.15) is 0 Å². The number of fused-ring (bicyclic) bond motifs is 1. The van der Waals surface area contributed by atoms with Crippen molar-refractivity contribution in [2.24, 2.45) is 5.92 Å². The SMILES string of the molecule is CCOc1nn2c(CC(C)C)nnc2c(C)c1C. The topological polar surface area (TPSA) is 52.3 Å². The van der Waals surface area contributed by atoms with Gasteiger partial charge in [0.25, 0.3) is 0 Å². The zero-order chi connectivity index (χ0) is 13.3. The molecule has 0 aromatic carbocycles. The van der Waals surface area contributed by atoms with E-state index in [-0.39, 0.29) is 0 Å². The highest BCUT2D eigenvalue weighted by molar-refractivity contribution is 5.52. The fourth-order valence-electron chi connectivity index (χ4n) is 1.91. The highest BCUT2D eigenvalue weighted by atomic mass is 16.5. The third-order valence-corrected chi connectivity index (χ3v) is 2.99. The van der Waals surface area contributed by atoms with Gasteiger partial charge in [0, 0.05) is 17.5 Å². The number of ether oxygens (including phenoxy) is 1. The van der Waals surface area contributed by atoms with Crippen molar-refractivity contribution in [3.05, 3.63) is 17.0 Å². The van der Waals surface area contributed by atoms with Crippen molar-refractivity contribution in [2.45, 2.75) is 41.0 Å². The van der Waals surface area contributed by atoms with E-state index in [0.29, 0.717) is 18.4 Å². The standard InChI is InChI=1S/C13H20N4O/c1-6-18-13-10(5)9(4)12-15-14-11(7-8(2)3)17(12)16-13/h8H,6-7H2,1-5H3. The zero-order valence-corrected chi connectivity index (χ0v) is 11.7. The van der Waals surface area contributed by atoms with Crippen LogP contribution in [0.4, 0.5) is 0 Å². The van der Waals surface area contributed by atoms with E-state index in [1.807, 2.05) is 25.3 Å². The summed E-state index contributed by atoms with van der Waals surface area (Å²) in [6, 6.07) is 0. The molecule has 0 unspecified atom stereocenters. The Balaban J connectivity index is 2.58. The molecule has 0 amide bonds. The van der Waals surface area contributed by atoms with Gasteiger partial charge in [-0.15, -0.1) is 15.3 Å². The van der Waals surface area contributed by atoms with Gasteiger partial charge in [0.05, 0.1) is 6.61 Å². The Labute approximate surface area is 107 Å². The molecule has 2 rings (SSSR count). The van der Waals surface area contributed by atoms with Crippen molar-refractivity contribution in [3.8, 4) is 5.88 Å². The normalized spacial score (nSPS) is 11.4. The molecule has 2 aromatic rings.